The van der Waals surface area contributed by atoms with Gasteiger partial charge in [-0.05, 0) is 43.0 Å². The van der Waals surface area contributed by atoms with E-state index >= 15 is 0 Å². The minimum atomic E-state index is -0.255. The predicted octanol–water partition coefficient (Wildman–Crippen LogP) is 2.96. The lowest BCUT2D eigenvalue weighted by atomic mass is 10.1. The number of rotatable bonds is 8. The van der Waals surface area contributed by atoms with Gasteiger partial charge in [-0.3, -0.25) is 9.59 Å². The predicted molar refractivity (Wildman–Crippen MR) is 123 cm³/mol. The van der Waals surface area contributed by atoms with Crippen molar-refractivity contribution >= 4 is 11.8 Å². The standard InChI is InChI=1S/C25H29N5O2/c1-3-19-9-11-22(12-10-19)30-18(2)24(27-28-30)25(32)26-16-21-15-23(31)29(17-21)14-13-20-7-5-4-6-8-20/h4-12,21H,3,13-17H2,1-2H3,(H,26,32). The van der Waals surface area contributed by atoms with Crippen molar-refractivity contribution in [3.8, 4) is 5.69 Å². The van der Waals surface area contributed by atoms with Crippen LogP contribution in [0.3, 0.4) is 0 Å². The molecule has 2 aromatic carbocycles. The molecule has 3 aromatic rings. The smallest absolute Gasteiger partial charge is 0.273 e. The summed E-state index contributed by atoms with van der Waals surface area (Å²) < 4.78 is 1.68. The van der Waals surface area contributed by atoms with Crippen molar-refractivity contribution in [2.75, 3.05) is 19.6 Å². The lowest BCUT2D eigenvalue weighted by Crippen LogP contribution is -2.32. The van der Waals surface area contributed by atoms with Crippen molar-refractivity contribution in [2.45, 2.75) is 33.1 Å². The second kappa shape index (κ2) is 9.77. The molecule has 1 N–H and O–H groups in total. The Balaban J connectivity index is 1.31. The van der Waals surface area contributed by atoms with E-state index in [4.69, 9.17) is 0 Å². The number of aromatic nitrogens is 3. The van der Waals surface area contributed by atoms with E-state index in [2.05, 4.69) is 46.8 Å². The van der Waals surface area contributed by atoms with Gasteiger partial charge in [0, 0.05) is 32.0 Å². The molecule has 1 fully saturated rings. The average Bonchev–Trinajstić information content (AvgIpc) is 3.38. The van der Waals surface area contributed by atoms with Crippen LogP contribution in [0.4, 0.5) is 0 Å². The van der Waals surface area contributed by atoms with E-state index in [0.29, 0.717) is 37.4 Å². The maximum absolute atomic E-state index is 12.7. The molecule has 1 atom stereocenters. The molecule has 0 aliphatic carbocycles. The van der Waals surface area contributed by atoms with Crippen LogP contribution in [0.25, 0.3) is 5.69 Å². The average molecular weight is 432 g/mol. The van der Waals surface area contributed by atoms with Crippen molar-refractivity contribution in [1.29, 1.82) is 0 Å². The van der Waals surface area contributed by atoms with Crippen LogP contribution < -0.4 is 5.32 Å². The van der Waals surface area contributed by atoms with Gasteiger partial charge in [-0.2, -0.15) is 0 Å². The van der Waals surface area contributed by atoms with Crippen LogP contribution in [0.15, 0.2) is 54.6 Å². The van der Waals surface area contributed by atoms with Gasteiger partial charge in [0.1, 0.15) is 0 Å². The molecule has 2 amide bonds. The van der Waals surface area contributed by atoms with E-state index in [-0.39, 0.29) is 17.7 Å². The van der Waals surface area contributed by atoms with Crippen molar-refractivity contribution < 1.29 is 9.59 Å². The number of hydrogen-bond acceptors (Lipinski definition) is 4. The summed E-state index contributed by atoms with van der Waals surface area (Å²) in [7, 11) is 0. The Bertz CT molecular complexity index is 1080. The van der Waals surface area contributed by atoms with Crippen LogP contribution in [0, 0.1) is 12.8 Å². The first-order valence-electron chi connectivity index (χ1n) is 11.2. The molecule has 1 aliphatic rings. The maximum atomic E-state index is 12.7. The van der Waals surface area contributed by atoms with Crippen LogP contribution in [0.2, 0.25) is 0 Å². The Morgan fingerprint density at radius 2 is 1.84 bits per heavy atom. The van der Waals surface area contributed by atoms with Gasteiger partial charge in [-0.15, -0.1) is 5.10 Å². The summed E-state index contributed by atoms with van der Waals surface area (Å²) in [5.41, 5.74) is 4.35. The third kappa shape index (κ3) is 4.88. The fourth-order valence-electron chi connectivity index (χ4n) is 4.09. The van der Waals surface area contributed by atoms with Gasteiger partial charge in [-0.25, -0.2) is 4.68 Å². The van der Waals surface area contributed by atoms with Crippen LogP contribution >= 0.6 is 0 Å². The van der Waals surface area contributed by atoms with Crippen LogP contribution in [-0.2, 0) is 17.6 Å². The fourth-order valence-corrected chi connectivity index (χ4v) is 4.09. The van der Waals surface area contributed by atoms with Gasteiger partial charge >= 0.3 is 0 Å². The van der Waals surface area contributed by atoms with Gasteiger partial charge in [0.25, 0.3) is 5.91 Å². The minimum absolute atomic E-state index is 0.110. The zero-order chi connectivity index (χ0) is 22.5. The number of hydrogen-bond donors (Lipinski definition) is 1. The number of likely N-dealkylation sites (tertiary alicyclic amines) is 1. The molecule has 1 saturated heterocycles. The van der Waals surface area contributed by atoms with Crippen LogP contribution in [0.5, 0.6) is 0 Å². The number of nitrogens with zero attached hydrogens (tertiary/aromatic N) is 4. The zero-order valence-corrected chi connectivity index (χ0v) is 18.6. The van der Waals surface area contributed by atoms with E-state index in [1.807, 2.05) is 42.2 Å². The lowest BCUT2D eigenvalue weighted by Gasteiger charge is -2.16. The molecule has 0 saturated carbocycles. The zero-order valence-electron chi connectivity index (χ0n) is 18.6. The number of nitrogens with one attached hydrogen (secondary N) is 1. The van der Waals surface area contributed by atoms with Gasteiger partial charge in [-0.1, -0.05) is 54.6 Å². The van der Waals surface area contributed by atoms with Crippen LogP contribution in [-0.4, -0.2) is 51.3 Å². The molecule has 32 heavy (non-hydrogen) atoms. The number of carbonyl (C=O) groups excluding carboxylic acids is 2. The van der Waals surface area contributed by atoms with Crippen molar-refractivity contribution in [2.24, 2.45) is 5.92 Å². The highest BCUT2D eigenvalue weighted by molar-refractivity contribution is 5.93. The van der Waals surface area contributed by atoms with E-state index in [0.717, 1.165) is 18.5 Å². The number of amides is 2. The topological polar surface area (TPSA) is 80.1 Å². The molecule has 7 heteroatoms. The Kier molecular flexibility index (Phi) is 6.63. The summed E-state index contributed by atoms with van der Waals surface area (Å²) >= 11 is 0. The van der Waals surface area contributed by atoms with Gasteiger partial charge in [0.05, 0.1) is 11.4 Å². The molecule has 7 nitrogen and oxygen atoms in total. The van der Waals surface area contributed by atoms with Crippen molar-refractivity contribution in [1.82, 2.24) is 25.2 Å². The molecule has 4 rings (SSSR count). The quantitative estimate of drug-likeness (QED) is 0.595. The van der Waals surface area contributed by atoms with Gasteiger partial charge < -0.3 is 10.2 Å². The molecular weight excluding hydrogens is 402 g/mol. The van der Waals surface area contributed by atoms with Crippen molar-refractivity contribution in [3.05, 3.63) is 77.1 Å². The third-order valence-electron chi connectivity index (χ3n) is 6.06. The first kappa shape index (κ1) is 21.7. The first-order valence-corrected chi connectivity index (χ1v) is 11.2. The Morgan fingerprint density at radius 3 is 2.56 bits per heavy atom. The van der Waals surface area contributed by atoms with Gasteiger partial charge in [0.15, 0.2) is 5.69 Å². The maximum Gasteiger partial charge on any atom is 0.273 e. The van der Waals surface area contributed by atoms with E-state index in [9.17, 15) is 9.59 Å². The highest BCUT2D eigenvalue weighted by Crippen LogP contribution is 2.18. The normalized spacial score (nSPS) is 15.9. The number of benzene rings is 2. The molecule has 2 heterocycles. The van der Waals surface area contributed by atoms with E-state index < -0.39 is 0 Å². The second-order valence-electron chi connectivity index (χ2n) is 8.31. The van der Waals surface area contributed by atoms with Crippen LogP contribution in [0.1, 0.15) is 40.7 Å². The molecule has 1 unspecified atom stereocenters. The van der Waals surface area contributed by atoms with Gasteiger partial charge in [0.2, 0.25) is 5.91 Å². The highest BCUT2D eigenvalue weighted by atomic mass is 16.2. The lowest BCUT2D eigenvalue weighted by molar-refractivity contribution is -0.127. The summed E-state index contributed by atoms with van der Waals surface area (Å²) in [5.74, 6) is 0.00565. The summed E-state index contributed by atoms with van der Waals surface area (Å²) in [5, 5.41) is 11.2. The summed E-state index contributed by atoms with van der Waals surface area (Å²) in [6.45, 7) is 5.77. The SMILES string of the molecule is CCc1ccc(-n2nnc(C(=O)NCC3CC(=O)N(CCc4ccccc4)C3)c2C)cc1. The molecule has 166 valence electrons. The Labute approximate surface area is 188 Å². The first-order chi connectivity index (χ1) is 15.5. The summed E-state index contributed by atoms with van der Waals surface area (Å²) in [6.07, 6.45) is 2.27. The Hall–Kier alpha value is -3.48. The second-order valence-corrected chi connectivity index (χ2v) is 8.31. The molecule has 0 spiro atoms. The molecule has 1 aliphatic heterocycles. The monoisotopic (exact) mass is 431 g/mol. The summed E-state index contributed by atoms with van der Waals surface area (Å²) in [6, 6.07) is 18.2. The molecule has 1 aromatic heterocycles. The van der Waals surface area contributed by atoms with E-state index in [1.54, 1.807) is 4.68 Å². The summed E-state index contributed by atoms with van der Waals surface area (Å²) in [4.78, 5) is 27.0. The largest absolute Gasteiger partial charge is 0.350 e. The molecule has 0 bridgehead atoms. The molecular formula is C25H29N5O2. The number of aryl methyl sites for hydroxylation is 1. The fraction of sp³-hybridized carbons (Fsp3) is 0.360. The van der Waals surface area contributed by atoms with Crippen molar-refractivity contribution in [3.63, 3.8) is 0 Å². The highest BCUT2D eigenvalue weighted by Gasteiger charge is 2.30. The third-order valence-corrected chi connectivity index (χ3v) is 6.06. The molecule has 0 radical (unpaired) electrons. The Morgan fingerprint density at radius 1 is 1.09 bits per heavy atom. The minimum Gasteiger partial charge on any atom is -0.350 e. The van der Waals surface area contributed by atoms with E-state index in [1.165, 1.54) is 11.1 Å². The number of carbonyl (C=O) groups is 2.